The topological polar surface area (TPSA) is 178 Å². The first kappa shape index (κ1) is 32.0. The summed E-state index contributed by atoms with van der Waals surface area (Å²) in [6.07, 6.45) is -8.60. The fraction of sp³-hybridized carbons (Fsp3) is 0.520. The highest BCUT2D eigenvalue weighted by Crippen LogP contribution is 2.09. The first-order valence-electron chi connectivity index (χ1n) is 11.6. The van der Waals surface area contributed by atoms with Crippen LogP contribution in [0.15, 0.2) is 30.3 Å². The molecule has 0 fully saturated rings. The molecule has 0 aliphatic rings. The molecule has 0 aliphatic heterocycles. The van der Waals surface area contributed by atoms with Gasteiger partial charge in [0, 0.05) is 0 Å². The second-order valence-electron chi connectivity index (χ2n) is 8.16. The van der Waals surface area contributed by atoms with E-state index >= 15 is 0 Å². The molecular formula is C25H32O13. The lowest BCUT2D eigenvalue weighted by atomic mass is 10.2. The number of carbonyl (C=O) groups excluding carboxylic acids is 6. The Labute approximate surface area is 219 Å². The number of hydrogen-bond acceptors (Lipinski definition) is 13. The summed E-state index contributed by atoms with van der Waals surface area (Å²) < 4.78 is 29.3. The van der Waals surface area contributed by atoms with E-state index in [1.54, 1.807) is 30.3 Å². The molecule has 1 rings (SSSR count). The molecule has 0 aliphatic carbocycles. The zero-order chi connectivity index (χ0) is 29.0. The summed E-state index contributed by atoms with van der Waals surface area (Å²) in [6.45, 7) is 7.09. The van der Waals surface area contributed by atoms with Gasteiger partial charge in [0.1, 0.15) is 12.7 Å². The molecule has 0 aromatic heterocycles. The molecule has 0 radical (unpaired) electrons. The van der Waals surface area contributed by atoms with Crippen molar-refractivity contribution in [2.45, 2.75) is 84.8 Å². The lowest BCUT2D eigenvalue weighted by molar-refractivity contribution is -0.187. The van der Waals surface area contributed by atoms with E-state index in [9.17, 15) is 28.8 Å². The average molecular weight is 541 g/mol. The van der Waals surface area contributed by atoms with Crippen LogP contribution in [0.5, 0.6) is 0 Å². The van der Waals surface area contributed by atoms with Gasteiger partial charge in [-0.05, 0) is 47.1 Å². The maximum atomic E-state index is 12.2. The van der Waals surface area contributed by atoms with Crippen LogP contribution in [-0.4, -0.2) is 77.5 Å². The fourth-order valence-electron chi connectivity index (χ4n) is 2.44. The predicted octanol–water partition coefficient (Wildman–Crippen LogP) is 0.769. The Morgan fingerprint density at radius 3 is 1.21 bits per heavy atom. The standard InChI is InChI=1S/C25H32O13/c1-13(26)20(27)34-15(3)22(29)36-17(5)24(31)38-18(6)25(32)37-16(4)23(30)35-14(2)21(28)33-12-19-10-8-7-9-11-19/h7-11,13-18,26H,12H2,1-6H3/t13-,14-,15-,16-,17-,18-/m1/s1. The fourth-order valence-corrected chi connectivity index (χ4v) is 2.44. The molecule has 1 N–H and O–H groups in total. The first-order valence-corrected chi connectivity index (χ1v) is 11.6. The molecule has 38 heavy (non-hydrogen) atoms. The number of aliphatic hydroxyl groups excluding tert-OH is 1. The van der Waals surface area contributed by atoms with Crippen LogP contribution in [0.1, 0.15) is 47.1 Å². The van der Waals surface area contributed by atoms with E-state index in [2.05, 4.69) is 4.74 Å². The zero-order valence-corrected chi connectivity index (χ0v) is 21.9. The third-order valence-electron chi connectivity index (χ3n) is 4.69. The zero-order valence-electron chi connectivity index (χ0n) is 21.9. The summed E-state index contributed by atoms with van der Waals surface area (Å²) >= 11 is 0. The van der Waals surface area contributed by atoms with Crippen LogP contribution in [0, 0.1) is 0 Å². The van der Waals surface area contributed by atoms with E-state index in [0.29, 0.717) is 0 Å². The van der Waals surface area contributed by atoms with E-state index < -0.39 is 72.4 Å². The highest BCUT2D eigenvalue weighted by atomic mass is 16.6. The summed E-state index contributed by atoms with van der Waals surface area (Å²) in [5.41, 5.74) is 0.739. The lowest BCUT2D eigenvalue weighted by Crippen LogP contribution is -2.38. The molecule has 0 spiro atoms. The highest BCUT2D eigenvalue weighted by molar-refractivity contribution is 5.86. The SMILES string of the molecule is C[C@@H](O)C(=O)O[C@H](C)C(=O)O[C@H](C)C(=O)O[C@H](C)C(=O)O[C@H](C)C(=O)O[C@H](C)C(=O)OCc1ccccc1. The predicted molar refractivity (Wildman–Crippen MR) is 126 cm³/mol. The molecule has 0 saturated carbocycles. The van der Waals surface area contributed by atoms with Gasteiger partial charge in [0.25, 0.3) is 0 Å². The molecule has 6 atom stereocenters. The second-order valence-corrected chi connectivity index (χ2v) is 8.16. The van der Waals surface area contributed by atoms with Crippen molar-refractivity contribution in [1.29, 1.82) is 0 Å². The second kappa shape index (κ2) is 15.3. The van der Waals surface area contributed by atoms with Crippen molar-refractivity contribution in [2.75, 3.05) is 0 Å². The van der Waals surface area contributed by atoms with Crippen LogP contribution in [0.25, 0.3) is 0 Å². The van der Waals surface area contributed by atoms with Crippen molar-refractivity contribution in [3.8, 4) is 0 Å². The van der Waals surface area contributed by atoms with Crippen molar-refractivity contribution in [2.24, 2.45) is 0 Å². The normalized spacial score (nSPS) is 15.3. The van der Waals surface area contributed by atoms with Gasteiger partial charge in [0.15, 0.2) is 30.5 Å². The number of hydrogen-bond donors (Lipinski definition) is 1. The molecule has 13 nitrogen and oxygen atoms in total. The molecule has 1 aromatic rings. The van der Waals surface area contributed by atoms with Crippen LogP contribution in [-0.2, 0) is 63.8 Å². The minimum Gasteiger partial charge on any atom is -0.458 e. The minimum atomic E-state index is -1.50. The minimum absolute atomic E-state index is 0.0192. The van der Waals surface area contributed by atoms with Gasteiger partial charge < -0.3 is 33.5 Å². The molecule has 0 unspecified atom stereocenters. The summed E-state index contributed by atoms with van der Waals surface area (Å²) in [4.78, 5) is 71.9. The Morgan fingerprint density at radius 1 is 0.553 bits per heavy atom. The van der Waals surface area contributed by atoms with Gasteiger partial charge in [0.2, 0.25) is 0 Å². The lowest BCUT2D eigenvalue weighted by Gasteiger charge is -2.20. The Balaban J connectivity index is 2.48. The Hall–Kier alpha value is -4.00. The van der Waals surface area contributed by atoms with Gasteiger partial charge in [-0.1, -0.05) is 30.3 Å². The smallest absolute Gasteiger partial charge is 0.347 e. The van der Waals surface area contributed by atoms with Crippen molar-refractivity contribution < 1.29 is 62.3 Å². The van der Waals surface area contributed by atoms with Crippen LogP contribution < -0.4 is 0 Å². The van der Waals surface area contributed by atoms with Gasteiger partial charge in [-0.25, -0.2) is 28.8 Å². The van der Waals surface area contributed by atoms with Crippen LogP contribution in [0.3, 0.4) is 0 Å². The number of ether oxygens (including phenoxy) is 6. The number of aliphatic hydroxyl groups is 1. The maximum absolute atomic E-state index is 12.2. The Kier molecular flexibility index (Phi) is 12.9. The maximum Gasteiger partial charge on any atom is 0.347 e. The van der Waals surface area contributed by atoms with Crippen molar-refractivity contribution >= 4 is 35.8 Å². The van der Waals surface area contributed by atoms with Crippen molar-refractivity contribution in [3.63, 3.8) is 0 Å². The number of benzene rings is 1. The Bertz CT molecular complexity index is 988. The summed E-state index contributed by atoms with van der Waals surface area (Å²) in [5.74, 6) is -6.23. The molecule has 0 amide bonds. The number of carbonyl (C=O) groups is 6. The van der Waals surface area contributed by atoms with Crippen LogP contribution >= 0.6 is 0 Å². The quantitative estimate of drug-likeness (QED) is 0.274. The van der Waals surface area contributed by atoms with Gasteiger partial charge >= 0.3 is 35.8 Å². The van der Waals surface area contributed by atoms with E-state index in [1.807, 2.05) is 0 Å². The van der Waals surface area contributed by atoms with Gasteiger partial charge in [-0.15, -0.1) is 0 Å². The van der Waals surface area contributed by atoms with E-state index in [1.165, 1.54) is 20.8 Å². The molecule has 210 valence electrons. The van der Waals surface area contributed by atoms with E-state index in [-0.39, 0.29) is 6.61 Å². The number of rotatable bonds is 13. The van der Waals surface area contributed by atoms with Gasteiger partial charge in [-0.2, -0.15) is 0 Å². The highest BCUT2D eigenvalue weighted by Gasteiger charge is 2.31. The largest absolute Gasteiger partial charge is 0.458 e. The molecular weight excluding hydrogens is 508 g/mol. The molecule has 0 bridgehead atoms. The molecule has 13 heteroatoms. The summed E-state index contributed by atoms with van der Waals surface area (Å²) in [7, 11) is 0. The monoisotopic (exact) mass is 540 g/mol. The first-order chi connectivity index (χ1) is 17.7. The molecule has 1 aromatic carbocycles. The van der Waals surface area contributed by atoms with Crippen molar-refractivity contribution in [3.05, 3.63) is 35.9 Å². The van der Waals surface area contributed by atoms with Crippen molar-refractivity contribution in [1.82, 2.24) is 0 Å². The summed E-state index contributed by atoms with van der Waals surface area (Å²) in [5, 5.41) is 9.10. The third-order valence-corrected chi connectivity index (χ3v) is 4.69. The van der Waals surface area contributed by atoms with E-state index in [0.717, 1.165) is 26.3 Å². The third kappa shape index (κ3) is 10.9. The molecule has 0 saturated heterocycles. The Morgan fingerprint density at radius 2 is 0.868 bits per heavy atom. The van der Waals surface area contributed by atoms with E-state index in [4.69, 9.17) is 28.8 Å². The summed E-state index contributed by atoms with van der Waals surface area (Å²) in [6, 6.07) is 8.85. The van der Waals surface area contributed by atoms with Crippen LogP contribution in [0.4, 0.5) is 0 Å². The number of esters is 6. The average Bonchev–Trinajstić information content (AvgIpc) is 2.87. The van der Waals surface area contributed by atoms with Gasteiger partial charge in [0.05, 0.1) is 0 Å². The van der Waals surface area contributed by atoms with Gasteiger partial charge in [-0.3, -0.25) is 0 Å². The molecule has 0 heterocycles. The van der Waals surface area contributed by atoms with Crippen LogP contribution in [0.2, 0.25) is 0 Å².